The summed E-state index contributed by atoms with van der Waals surface area (Å²) in [5, 5.41) is 2.88. The van der Waals surface area contributed by atoms with Gasteiger partial charge in [0.25, 0.3) is 5.91 Å². The summed E-state index contributed by atoms with van der Waals surface area (Å²) in [7, 11) is -3.58. The lowest BCUT2D eigenvalue weighted by Crippen LogP contribution is -2.31. The first-order chi connectivity index (χ1) is 15.6. The van der Waals surface area contributed by atoms with Crippen molar-refractivity contribution in [1.29, 1.82) is 0 Å². The predicted molar refractivity (Wildman–Crippen MR) is 130 cm³/mol. The Morgan fingerprint density at radius 1 is 1.09 bits per heavy atom. The number of amides is 1. The van der Waals surface area contributed by atoms with Crippen molar-refractivity contribution in [3.8, 4) is 5.75 Å². The highest BCUT2D eigenvalue weighted by molar-refractivity contribution is 9.10. The Balaban J connectivity index is 1.61. The molecule has 0 aromatic heterocycles. The first-order valence-electron chi connectivity index (χ1n) is 10.1. The number of carbonyl (C=O) groups is 1. The molecule has 0 saturated carbocycles. The number of sulfonamides is 1. The van der Waals surface area contributed by atoms with Crippen LogP contribution in [0.3, 0.4) is 0 Å². The number of benzene rings is 3. The van der Waals surface area contributed by atoms with Crippen molar-refractivity contribution in [1.82, 2.24) is 5.32 Å². The maximum Gasteiger partial charge on any atom is 0.258 e. The molecule has 1 amide bonds. The van der Waals surface area contributed by atoms with Crippen LogP contribution in [-0.4, -0.2) is 27.2 Å². The molecule has 0 saturated heterocycles. The van der Waals surface area contributed by atoms with Gasteiger partial charge in [0.15, 0.2) is 6.61 Å². The lowest BCUT2D eigenvalue weighted by Gasteiger charge is -2.23. The van der Waals surface area contributed by atoms with E-state index in [-0.39, 0.29) is 30.9 Å². The largest absolute Gasteiger partial charge is 0.484 e. The number of hydrogen-bond donors (Lipinski definition) is 1. The van der Waals surface area contributed by atoms with Gasteiger partial charge in [-0.05, 0) is 66.6 Å². The van der Waals surface area contributed by atoms with Crippen molar-refractivity contribution in [3.05, 3.63) is 94.2 Å². The van der Waals surface area contributed by atoms with Gasteiger partial charge < -0.3 is 10.1 Å². The van der Waals surface area contributed by atoms with Crippen LogP contribution in [0.15, 0.2) is 77.3 Å². The Hall–Kier alpha value is -2.91. The van der Waals surface area contributed by atoms with E-state index in [0.29, 0.717) is 17.0 Å². The number of nitrogens with one attached hydrogen (secondary N) is 1. The number of ether oxygens (including phenoxy) is 1. The van der Waals surface area contributed by atoms with Crippen LogP contribution in [0.25, 0.3) is 0 Å². The third kappa shape index (κ3) is 7.30. The zero-order valence-corrected chi connectivity index (χ0v) is 20.6. The van der Waals surface area contributed by atoms with Crippen LogP contribution in [-0.2, 0) is 21.4 Å². The fourth-order valence-electron chi connectivity index (χ4n) is 3.16. The van der Waals surface area contributed by atoms with Crippen molar-refractivity contribution < 1.29 is 22.3 Å². The summed E-state index contributed by atoms with van der Waals surface area (Å²) >= 11 is 3.41. The summed E-state index contributed by atoms with van der Waals surface area (Å²) in [6.45, 7) is 1.77. The van der Waals surface area contributed by atoms with Crippen LogP contribution < -0.4 is 14.4 Å². The highest BCUT2D eigenvalue weighted by atomic mass is 79.9. The molecule has 0 unspecified atom stereocenters. The molecule has 3 aromatic rings. The number of halogens is 2. The average molecular weight is 535 g/mol. The Kier molecular flexibility index (Phi) is 8.10. The lowest BCUT2D eigenvalue weighted by molar-refractivity contribution is -0.123. The Bertz CT molecular complexity index is 1200. The minimum atomic E-state index is -3.58. The normalized spacial score (nSPS) is 12.1. The van der Waals surface area contributed by atoms with Crippen molar-refractivity contribution >= 4 is 37.5 Å². The third-order valence-electron chi connectivity index (χ3n) is 4.86. The molecule has 0 radical (unpaired) electrons. The fraction of sp³-hybridized carbons (Fsp3) is 0.208. The quantitative estimate of drug-likeness (QED) is 0.427. The highest BCUT2D eigenvalue weighted by Crippen LogP contribution is 2.24. The third-order valence-corrected chi connectivity index (χ3v) is 6.49. The van der Waals surface area contributed by atoms with E-state index < -0.39 is 10.0 Å². The summed E-state index contributed by atoms with van der Waals surface area (Å²) in [5.74, 6) is -0.235. The zero-order valence-electron chi connectivity index (χ0n) is 18.2. The molecular formula is C24H24BrFN2O4S. The minimum Gasteiger partial charge on any atom is -0.484 e. The van der Waals surface area contributed by atoms with E-state index in [4.69, 9.17) is 4.74 Å². The summed E-state index contributed by atoms with van der Waals surface area (Å²) in [6, 6.07) is 19.5. The van der Waals surface area contributed by atoms with Gasteiger partial charge in [-0.3, -0.25) is 9.10 Å². The van der Waals surface area contributed by atoms with E-state index >= 15 is 0 Å². The van der Waals surface area contributed by atoms with Crippen LogP contribution >= 0.6 is 15.9 Å². The first-order valence-corrected chi connectivity index (χ1v) is 12.8. The molecule has 0 bridgehead atoms. The lowest BCUT2D eigenvalue weighted by atomic mass is 10.1. The van der Waals surface area contributed by atoms with E-state index in [1.165, 1.54) is 16.4 Å². The minimum absolute atomic E-state index is 0.0647. The molecule has 0 fully saturated rings. The van der Waals surface area contributed by atoms with Crippen LogP contribution in [0.5, 0.6) is 5.75 Å². The molecule has 1 N–H and O–H groups in total. The topological polar surface area (TPSA) is 75.7 Å². The first kappa shape index (κ1) is 24.7. The predicted octanol–water partition coefficient (Wildman–Crippen LogP) is 4.81. The van der Waals surface area contributed by atoms with Crippen molar-refractivity contribution in [3.63, 3.8) is 0 Å². The summed E-state index contributed by atoms with van der Waals surface area (Å²) in [4.78, 5) is 12.3. The maximum atomic E-state index is 13.2. The molecule has 0 heterocycles. The van der Waals surface area contributed by atoms with Gasteiger partial charge in [0.1, 0.15) is 11.6 Å². The monoisotopic (exact) mass is 534 g/mol. The molecule has 33 heavy (non-hydrogen) atoms. The zero-order chi connectivity index (χ0) is 24.0. The molecule has 6 nitrogen and oxygen atoms in total. The number of anilines is 1. The van der Waals surface area contributed by atoms with Gasteiger partial charge in [-0.1, -0.05) is 40.2 Å². The molecular weight excluding hydrogens is 511 g/mol. The number of carbonyl (C=O) groups excluding carboxylic acids is 1. The molecule has 3 aromatic carbocycles. The summed E-state index contributed by atoms with van der Waals surface area (Å²) < 4.78 is 45.5. The Morgan fingerprint density at radius 2 is 1.76 bits per heavy atom. The number of rotatable bonds is 9. The van der Waals surface area contributed by atoms with Crippen LogP contribution in [0.2, 0.25) is 0 Å². The van der Waals surface area contributed by atoms with E-state index in [0.717, 1.165) is 16.3 Å². The van der Waals surface area contributed by atoms with Gasteiger partial charge in [0.05, 0.1) is 24.5 Å². The van der Waals surface area contributed by atoms with Gasteiger partial charge in [-0.25, -0.2) is 12.8 Å². The van der Waals surface area contributed by atoms with Crippen molar-refractivity contribution in [2.75, 3.05) is 17.2 Å². The van der Waals surface area contributed by atoms with Gasteiger partial charge in [-0.2, -0.15) is 0 Å². The van der Waals surface area contributed by atoms with Crippen molar-refractivity contribution in [2.45, 2.75) is 19.5 Å². The van der Waals surface area contributed by atoms with Crippen LogP contribution in [0.4, 0.5) is 10.1 Å². The molecule has 0 aliphatic rings. The highest BCUT2D eigenvalue weighted by Gasteiger charge is 2.18. The summed E-state index contributed by atoms with van der Waals surface area (Å²) in [6.07, 6.45) is 1.11. The van der Waals surface area contributed by atoms with Crippen molar-refractivity contribution in [2.24, 2.45) is 0 Å². The van der Waals surface area contributed by atoms with Crippen LogP contribution in [0, 0.1) is 5.82 Å². The Labute approximate surface area is 201 Å². The number of nitrogens with zero attached hydrogens (tertiary/aromatic N) is 1. The number of hydrogen-bond acceptors (Lipinski definition) is 4. The molecule has 0 spiro atoms. The average Bonchev–Trinajstić information content (AvgIpc) is 2.77. The summed E-state index contributed by atoms with van der Waals surface area (Å²) in [5.41, 5.74) is 2.05. The van der Waals surface area contributed by atoms with E-state index in [9.17, 15) is 17.6 Å². The fourth-order valence-corrected chi connectivity index (χ4v) is 4.46. The Morgan fingerprint density at radius 3 is 2.36 bits per heavy atom. The molecule has 9 heteroatoms. The van der Waals surface area contributed by atoms with Gasteiger partial charge in [-0.15, -0.1) is 0 Å². The molecule has 0 aliphatic heterocycles. The van der Waals surface area contributed by atoms with Gasteiger partial charge in [0, 0.05) is 4.47 Å². The van der Waals surface area contributed by atoms with Crippen LogP contribution in [0.1, 0.15) is 24.1 Å². The van der Waals surface area contributed by atoms with Gasteiger partial charge >= 0.3 is 0 Å². The van der Waals surface area contributed by atoms with E-state index in [1.54, 1.807) is 36.4 Å². The smallest absolute Gasteiger partial charge is 0.258 e. The molecule has 0 aliphatic carbocycles. The second-order valence-electron chi connectivity index (χ2n) is 7.52. The maximum absolute atomic E-state index is 13.2. The van der Waals surface area contributed by atoms with Gasteiger partial charge in [0.2, 0.25) is 10.0 Å². The second kappa shape index (κ2) is 10.8. The standard InChI is InChI=1S/C24H24BrFN2O4S/c1-17(19-4-3-5-20(25)14-19)27-24(29)16-32-23-12-10-22(11-13-23)28(33(2,30)31)15-18-6-8-21(26)9-7-18/h3-14,17H,15-16H2,1-2H3,(H,27,29)/t17-/m0/s1. The SMILES string of the molecule is C[C@H](NC(=O)COc1ccc(N(Cc2ccc(F)cc2)S(C)(=O)=O)cc1)c1cccc(Br)c1. The molecule has 3 rings (SSSR count). The molecule has 1 atom stereocenters. The second-order valence-corrected chi connectivity index (χ2v) is 10.3. The van der Waals surface area contributed by atoms with E-state index in [1.807, 2.05) is 31.2 Å². The molecule has 174 valence electrons. The van der Waals surface area contributed by atoms with E-state index in [2.05, 4.69) is 21.2 Å².